The Hall–Kier alpha value is -1.79. The summed E-state index contributed by atoms with van der Waals surface area (Å²) in [6, 6.07) is 5.89. The second-order valence-electron chi connectivity index (χ2n) is 7.73. The van der Waals surface area contributed by atoms with Gasteiger partial charge in [0.15, 0.2) is 11.5 Å². The van der Waals surface area contributed by atoms with Gasteiger partial charge in [0.05, 0.1) is 4.91 Å². The summed E-state index contributed by atoms with van der Waals surface area (Å²) in [4.78, 5) is -0.0238. The van der Waals surface area contributed by atoms with Crippen molar-refractivity contribution >= 4 is 10.1 Å². The Morgan fingerprint density at radius 3 is 2.48 bits per heavy atom. The second kappa shape index (κ2) is 5.88. The predicted molar refractivity (Wildman–Crippen MR) is 96.1 cm³/mol. The summed E-state index contributed by atoms with van der Waals surface area (Å²) in [7, 11) is -4.18. The van der Waals surface area contributed by atoms with E-state index in [1.54, 1.807) is 6.08 Å². The highest BCUT2D eigenvalue weighted by molar-refractivity contribution is 7.90. The van der Waals surface area contributed by atoms with E-state index in [1.165, 1.54) is 6.08 Å². The van der Waals surface area contributed by atoms with Gasteiger partial charge in [-0.25, -0.2) is 0 Å². The Morgan fingerprint density at radius 2 is 1.80 bits per heavy atom. The van der Waals surface area contributed by atoms with E-state index >= 15 is 0 Å². The lowest BCUT2D eigenvalue weighted by atomic mass is 9.73. The smallest absolute Gasteiger partial charge is 0.294 e. The van der Waals surface area contributed by atoms with Crippen LogP contribution in [0.5, 0.6) is 11.5 Å². The molecule has 1 aliphatic heterocycles. The maximum atomic E-state index is 11.4. The number of fused-ring (bicyclic) bond motifs is 1. The van der Waals surface area contributed by atoms with E-state index in [-0.39, 0.29) is 16.2 Å². The van der Waals surface area contributed by atoms with Crippen LogP contribution >= 0.6 is 0 Å². The highest BCUT2D eigenvalue weighted by atomic mass is 32.2. The Balaban J connectivity index is 1.75. The molecule has 6 heteroatoms. The fourth-order valence-electron chi connectivity index (χ4n) is 3.26. The Morgan fingerprint density at radius 1 is 1.12 bits per heavy atom. The molecule has 5 nitrogen and oxygen atoms in total. The van der Waals surface area contributed by atoms with Gasteiger partial charge in [0.25, 0.3) is 10.1 Å². The molecule has 0 spiro atoms. The first-order valence-electron chi connectivity index (χ1n) is 8.36. The first-order chi connectivity index (χ1) is 11.5. The maximum absolute atomic E-state index is 11.4. The van der Waals surface area contributed by atoms with E-state index < -0.39 is 15.9 Å². The quantitative estimate of drug-likeness (QED) is 0.814. The molecule has 0 amide bonds. The van der Waals surface area contributed by atoms with Gasteiger partial charge >= 0.3 is 0 Å². The molecule has 0 unspecified atom stereocenters. The third kappa shape index (κ3) is 3.90. The molecule has 1 aromatic carbocycles. The van der Waals surface area contributed by atoms with Crippen LogP contribution < -0.4 is 9.47 Å². The third-order valence-corrected chi connectivity index (χ3v) is 5.63. The fourth-order valence-corrected chi connectivity index (χ4v) is 3.84. The number of allylic oxidation sites excluding steroid dienone is 3. The summed E-state index contributed by atoms with van der Waals surface area (Å²) in [6.45, 7) is 7.86. The summed E-state index contributed by atoms with van der Waals surface area (Å²) in [5, 5.41) is 0. The summed E-state index contributed by atoms with van der Waals surface area (Å²) < 4.78 is 43.6. The van der Waals surface area contributed by atoms with E-state index in [1.807, 2.05) is 38.1 Å². The van der Waals surface area contributed by atoms with Gasteiger partial charge < -0.3 is 9.47 Å². The molecule has 0 aromatic heterocycles. The SMILES string of the molecule is CC1(C)Oc2ccc(CC[C@@H]3C=C(S(=O)(=O)O)C=CC3(C)C)cc2O1. The van der Waals surface area contributed by atoms with Crippen molar-refractivity contribution in [3.63, 3.8) is 0 Å². The van der Waals surface area contributed by atoms with Gasteiger partial charge in [-0.3, -0.25) is 4.55 Å². The van der Waals surface area contributed by atoms with Gasteiger partial charge in [-0.1, -0.05) is 32.1 Å². The molecule has 1 aliphatic carbocycles. The van der Waals surface area contributed by atoms with Gasteiger partial charge in [0, 0.05) is 13.8 Å². The lowest BCUT2D eigenvalue weighted by Crippen LogP contribution is -2.29. The number of hydrogen-bond acceptors (Lipinski definition) is 4. The van der Waals surface area contributed by atoms with Crippen LogP contribution in [-0.4, -0.2) is 18.8 Å². The van der Waals surface area contributed by atoms with Crippen LogP contribution in [0, 0.1) is 11.3 Å². The topological polar surface area (TPSA) is 72.8 Å². The lowest BCUT2D eigenvalue weighted by Gasteiger charge is -2.32. The lowest BCUT2D eigenvalue weighted by molar-refractivity contribution is -0.0431. The van der Waals surface area contributed by atoms with Gasteiger partial charge in [-0.05, 0) is 47.9 Å². The van der Waals surface area contributed by atoms with Crippen molar-refractivity contribution in [2.24, 2.45) is 11.3 Å². The molecule has 0 fully saturated rings. The average molecular weight is 364 g/mol. The molecule has 25 heavy (non-hydrogen) atoms. The van der Waals surface area contributed by atoms with Crippen molar-refractivity contribution in [1.29, 1.82) is 0 Å². The van der Waals surface area contributed by atoms with Gasteiger partial charge in [-0.15, -0.1) is 0 Å². The molecule has 136 valence electrons. The summed E-state index contributed by atoms with van der Waals surface area (Å²) >= 11 is 0. The van der Waals surface area contributed by atoms with E-state index in [0.29, 0.717) is 0 Å². The van der Waals surface area contributed by atoms with Gasteiger partial charge in [-0.2, -0.15) is 8.42 Å². The number of benzene rings is 1. The molecular formula is C19H24O5S. The van der Waals surface area contributed by atoms with Crippen molar-refractivity contribution in [1.82, 2.24) is 0 Å². The first-order valence-corrected chi connectivity index (χ1v) is 9.80. The van der Waals surface area contributed by atoms with Crippen molar-refractivity contribution in [3.05, 3.63) is 46.9 Å². The van der Waals surface area contributed by atoms with Crippen LogP contribution in [0.15, 0.2) is 41.3 Å². The second-order valence-corrected chi connectivity index (χ2v) is 9.15. The van der Waals surface area contributed by atoms with Crippen molar-refractivity contribution in [2.75, 3.05) is 0 Å². The van der Waals surface area contributed by atoms with Crippen molar-refractivity contribution < 1.29 is 22.4 Å². The molecule has 1 atom stereocenters. The number of ether oxygens (including phenoxy) is 2. The first kappa shape index (κ1) is 18.0. The Bertz CT molecular complexity index is 847. The van der Waals surface area contributed by atoms with Crippen molar-refractivity contribution in [2.45, 2.75) is 46.3 Å². The molecule has 0 saturated heterocycles. The van der Waals surface area contributed by atoms with Crippen LogP contribution in [0.2, 0.25) is 0 Å². The monoisotopic (exact) mass is 364 g/mol. The Labute approximate surface area is 149 Å². The van der Waals surface area contributed by atoms with Crippen molar-refractivity contribution in [3.8, 4) is 11.5 Å². The normalized spacial score (nSPS) is 23.4. The summed E-state index contributed by atoms with van der Waals surface area (Å²) in [5.74, 6) is 0.837. The average Bonchev–Trinajstić information content (AvgIpc) is 2.77. The standard InChI is InChI=1S/C19H24O5S/c1-18(2)10-9-15(25(20,21)22)12-14(18)7-5-13-6-8-16-17(11-13)24-19(3,4)23-16/h6,8-12,14H,5,7H2,1-4H3,(H,20,21,22)/t14-/m1/s1. The zero-order valence-corrected chi connectivity index (χ0v) is 15.8. The zero-order valence-electron chi connectivity index (χ0n) is 14.9. The van der Waals surface area contributed by atoms with E-state index in [4.69, 9.17) is 9.47 Å². The summed E-state index contributed by atoms with van der Waals surface area (Å²) in [6.07, 6.45) is 6.52. The van der Waals surface area contributed by atoms with Crippen LogP contribution in [0.1, 0.15) is 39.7 Å². The van der Waals surface area contributed by atoms with E-state index in [0.717, 1.165) is 29.9 Å². The van der Waals surface area contributed by atoms with Crippen LogP contribution in [0.4, 0.5) is 0 Å². The highest BCUT2D eigenvalue weighted by Gasteiger charge is 2.33. The Kier molecular flexibility index (Phi) is 4.24. The molecule has 0 radical (unpaired) electrons. The molecule has 1 N–H and O–H groups in total. The van der Waals surface area contributed by atoms with Gasteiger partial charge in [0.2, 0.25) is 5.79 Å². The molecule has 2 aliphatic rings. The minimum Gasteiger partial charge on any atom is -0.449 e. The maximum Gasteiger partial charge on any atom is 0.294 e. The molecule has 3 rings (SSSR count). The zero-order chi connectivity index (χ0) is 18.5. The molecular weight excluding hydrogens is 340 g/mol. The number of aryl methyl sites for hydroxylation is 1. The molecule has 0 saturated carbocycles. The van der Waals surface area contributed by atoms with Crippen LogP contribution in [0.25, 0.3) is 0 Å². The summed E-state index contributed by atoms with van der Waals surface area (Å²) in [5.41, 5.74) is 0.930. The fraction of sp³-hybridized carbons (Fsp3) is 0.474. The minimum absolute atomic E-state index is 0.0105. The van der Waals surface area contributed by atoms with Crippen LogP contribution in [-0.2, 0) is 16.5 Å². The largest absolute Gasteiger partial charge is 0.449 e. The number of rotatable bonds is 4. The van der Waals surface area contributed by atoms with E-state index in [9.17, 15) is 13.0 Å². The molecule has 0 bridgehead atoms. The molecule has 1 heterocycles. The predicted octanol–water partition coefficient (Wildman–Crippen LogP) is 4.11. The van der Waals surface area contributed by atoms with E-state index in [2.05, 4.69) is 13.8 Å². The third-order valence-electron chi connectivity index (χ3n) is 4.76. The molecule has 1 aromatic rings. The minimum atomic E-state index is -4.18. The van der Waals surface area contributed by atoms with Gasteiger partial charge in [0.1, 0.15) is 0 Å². The highest BCUT2D eigenvalue weighted by Crippen LogP contribution is 2.41. The number of hydrogen-bond donors (Lipinski definition) is 1. The van der Waals surface area contributed by atoms with Crippen LogP contribution in [0.3, 0.4) is 0 Å².